The molecule has 0 aliphatic rings. The number of hydrogen-bond donors (Lipinski definition) is 2. The number of aromatic nitrogens is 4. The van der Waals surface area contributed by atoms with Crippen LogP contribution in [0.5, 0.6) is 17.5 Å². The summed E-state index contributed by atoms with van der Waals surface area (Å²) in [6, 6.07) is 15.5. The van der Waals surface area contributed by atoms with E-state index in [-0.39, 0.29) is 31.1 Å². The number of para-hydroxylation sites is 1. The first-order chi connectivity index (χ1) is 13.2. The molecular weight excluding hydrogens is 382 g/mol. The van der Waals surface area contributed by atoms with Gasteiger partial charge in [0.05, 0.1) is 19.4 Å². The van der Waals surface area contributed by atoms with Crippen LogP contribution in [-0.2, 0) is 6.54 Å². The summed E-state index contributed by atoms with van der Waals surface area (Å²) in [5.74, 6) is 1.09. The topological polar surface area (TPSA) is 94.3 Å². The molecule has 0 spiro atoms. The van der Waals surface area contributed by atoms with Crippen molar-refractivity contribution in [2.45, 2.75) is 25.9 Å². The maximum Gasteiger partial charge on any atom is 0.346 e. The van der Waals surface area contributed by atoms with Crippen LogP contribution in [0.25, 0.3) is 5.69 Å². The fourth-order valence-electron chi connectivity index (χ4n) is 2.58. The highest BCUT2D eigenvalue weighted by Crippen LogP contribution is 2.32. The van der Waals surface area contributed by atoms with Gasteiger partial charge in [-0.25, -0.2) is 0 Å². The maximum atomic E-state index is 9.28. The Balaban J connectivity index is 0.00000280. The smallest absolute Gasteiger partial charge is 0.346 e. The predicted octanol–water partition coefficient (Wildman–Crippen LogP) is 2.75. The second-order valence-corrected chi connectivity index (χ2v) is 5.96. The van der Waals surface area contributed by atoms with Crippen molar-refractivity contribution >= 4 is 12.4 Å². The molecule has 8 nitrogen and oxygen atoms in total. The number of aliphatic hydroxyl groups is 1. The van der Waals surface area contributed by atoms with Crippen molar-refractivity contribution in [2.75, 3.05) is 13.7 Å². The molecule has 0 bridgehead atoms. The zero-order valence-electron chi connectivity index (χ0n) is 15.8. The molecule has 0 fully saturated rings. The Bertz CT molecular complexity index is 856. The van der Waals surface area contributed by atoms with Crippen molar-refractivity contribution in [1.82, 2.24) is 25.5 Å². The molecule has 2 N–H and O–H groups in total. The van der Waals surface area contributed by atoms with Crippen molar-refractivity contribution in [2.24, 2.45) is 0 Å². The number of aliphatic hydroxyl groups excluding tert-OH is 1. The molecule has 1 unspecified atom stereocenters. The monoisotopic (exact) mass is 405 g/mol. The van der Waals surface area contributed by atoms with Gasteiger partial charge in [0, 0.05) is 12.6 Å². The lowest BCUT2D eigenvalue weighted by Gasteiger charge is -2.15. The fourth-order valence-corrected chi connectivity index (χ4v) is 2.58. The predicted molar refractivity (Wildman–Crippen MR) is 107 cm³/mol. The second-order valence-electron chi connectivity index (χ2n) is 5.96. The van der Waals surface area contributed by atoms with Crippen LogP contribution in [0, 0.1) is 0 Å². The van der Waals surface area contributed by atoms with Crippen LogP contribution >= 0.6 is 12.4 Å². The molecule has 0 radical (unpaired) electrons. The third-order valence-corrected chi connectivity index (χ3v) is 4.18. The molecule has 3 rings (SSSR count). The summed E-state index contributed by atoms with van der Waals surface area (Å²) < 4.78 is 12.9. The fraction of sp³-hybridized carbons (Fsp3) is 0.316. The molecule has 28 heavy (non-hydrogen) atoms. The lowest BCUT2D eigenvalue weighted by Crippen LogP contribution is -2.31. The van der Waals surface area contributed by atoms with E-state index in [0.717, 1.165) is 17.7 Å². The summed E-state index contributed by atoms with van der Waals surface area (Å²) >= 11 is 0. The van der Waals surface area contributed by atoms with E-state index in [1.165, 1.54) is 4.68 Å². The van der Waals surface area contributed by atoms with Gasteiger partial charge in [-0.05, 0) is 46.7 Å². The van der Waals surface area contributed by atoms with Gasteiger partial charge in [-0.2, -0.15) is 4.68 Å². The number of rotatable bonds is 9. The number of benzene rings is 2. The van der Waals surface area contributed by atoms with Gasteiger partial charge in [-0.1, -0.05) is 36.3 Å². The average molecular weight is 406 g/mol. The van der Waals surface area contributed by atoms with Crippen LogP contribution in [0.4, 0.5) is 0 Å². The van der Waals surface area contributed by atoms with Crippen LogP contribution < -0.4 is 14.8 Å². The Morgan fingerprint density at radius 3 is 2.61 bits per heavy atom. The highest BCUT2D eigenvalue weighted by molar-refractivity contribution is 5.85. The highest BCUT2D eigenvalue weighted by Gasteiger charge is 2.14. The van der Waals surface area contributed by atoms with E-state index >= 15 is 0 Å². The van der Waals surface area contributed by atoms with Gasteiger partial charge in [0.15, 0.2) is 11.5 Å². The quantitative estimate of drug-likeness (QED) is 0.565. The molecule has 1 heterocycles. The van der Waals surface area contributed by atoms with Crippen LogP contribution in [-0.4, -0.2) is 45.1 Å². The Hall–Kier alpha value is -2.68. The highest BCUT2D eigenvalue weighted by atomic mass is 35.5. The molecule has 1 atom stereocenters. The molecule has 0 saturated carbocycles. The minimum absolute atomic E-state index is 0. The lowest BCUT2D eigenvalue weighted by atomic mass is 10.1. The van der Waals surface area contributed by atoms with Gasteiger partial charge in [0.25, 0.3) is 0 Å². The van der Waals surface area contributed by atoms with Gasteiger partial charge in [0.1, 0.15) is 0 Å². The van der Waals surface area contributed by atoms with Crippen LogP contribution in [0.3, 0.4) is 0 Å². The molecule has 0 aliphatic carbocycles. The van der Waals surface area contributed by atoms with E-state index in [4.69, 9.17) is 9.47 Å². The summed E-state index contributed by atoms with van der Waals surface area (Å²) in [5, 5.41) is 24.2. The number of hydrogen-bond acceptors (Lipinski definition) is 7. The molecule has 2 aromatic carbocycles. The molecule has 3 aromatic rings. The van der Waals surface area contributed by atoms with Crippen molar-refractivity contribution in [3.05, 3.63) is 54.1 Å². The number of methoxy groups -OCH3 is 1. The zero-order chi connectivity index (χ0) is 19.1. The molecule has 1 aromatic heterocycles. The lowest BCUT2D eigenvalue weighted by molar-refractivity contribution is 0.238. The number of nitrogens with one attached hydrogen (secondary N) is 1. The van der Waals surface area contributed by atoms with Crippen LogP contribution in [0.1, 0.15) is 18.9 Å². The largest absolute Gasteiger partial charge is 0.493 e. The standard InChI is InChI=1S/C19H23N5O3.ClH/c1-3-15(13-25)20-12-14-9-10-17(18(11-14)26-2)27-19-21-22-23-24(19)16-7-5-4-6-8-16;/h4-11,15,20,25H,3,12-13H2,1-2H3;1H. The van der Waals surface area contributed by atoms with Crippen LogP contribution in [0.2, 0.25) is 0 Å². The Labute approximate surface area is 169 Å². The minimum atomic E-state index is 0. The normalized spacial score (nSPS) is 11.5. The summed E-state index contributed by atoms with van der Waals surface area (Å²) in [6.45, 7) is 2.76. The van der Waals surface area contributed by atoms with Crippen molar-refractivity contribution < 1.29 is 14.6 Å². The second kappa shape index (κ2) is 10.6. The van der Waals surface area contributed by atoms with Crippen molar-refractivity contribution in [1.29, 1.82) is 0 Å². The molecule has 9 heteroatoms. The summed E-state index contributed by atoms with van der Waals surface area (Å²) in [5.41, 5.74) is 1.82. The van der Waals surface area contributed by atoms with Crippen molar-refractivity contribution in [3.63, 3.8) is 0 Å². The number of halogens is 1. The third kappa shape index (κ3) is 5.19. The van der Waals surface area contributed by atoms with E-state index in [0.29, 0.717) is 18.0 Å². The van der Waals surface area contributed by atoms with E-state index < -0.39 is 0 Å². The summed E-state index contributed by atoms with van der Waals surface area (Å²) in [4.78, 5) is 0. The third-order valence-electron chi connectivity index (χ3n) is 4.18. The van der Waals surface area contributed by atoms with Gasteiger partial charge in [-0.3, -0.25) is 0 Å². The Morgan fingerprint density at radius 1 is 1.14 bits per heavy atom. The number of ether oxygens (including phenoxy) is 2. The SMILES string of the molecule is CCC(CO)NCc1ccc(Oc2nnnn2-c2ccccc2)c(OC)c1.Cl. The number of nitrogens with zero attached hydrogens (tertiary/aromatic N) is 4. The summed E-state index contributed by atoms with van der Waals surface area (Å²) in [6.07, 6.45) is 0.858. The van der Waals surface area contributed by atoms with E-state index in [9.17, 15) is 5.11 Å². The molecule has 150 valence electrons. The molecule has 0 saturated heterocycles. The average Bonchev–Trinajstić information content (AvgIpc) is 3.18. The Morgan fingerprint density at radius 2 is 1.93 bits per heavy atom. The van der Waals surface area contributed by atoms with Gasteiger partial charge in [0.2, 0.25) is 0 Å². The maximum absolute atomic E-state index is 9.28. The first-order valence-electron chi connectivity index (χ1n) is 8.78. The molecule has 0 aliphatic heterocycles. The molecule has 0 amide bonds. The first kappa shape index (κ1) is 21.6. The van der Waals surface area contributed by atoms with E-state index in [1.54, 1.807) is 7.11 Å². The first-order valence-corrected chi connectivity index (χ1v) is 8.78. The minimum Gasteiger partial charge on any atom is -0.493 e. The van der Waals surface area contributed by atoms with Crippen LogP contribution in [0.15, 0.2) is 48.5 Å². The van der Waals surface area contributed by atoms with Gasteiger partial charge in [-0.15, -0.1) is 12.4 Å². The van der Waals surface area contributed by atoms with E-state index in [1.807, 2.05) is 55.5 Å². The number of tetrazole rings is 1. The molecular formula is C19H24ClN5O3. The summed E-state index contributed by atoms with van der Waals surface area (Å²) in [7, 11) is 1.59. The Kier molecular flexibility index (Phi) is 8.19. The van der Waals surface area contributed by atoms with Crippen molar-refractivity contribution in [3.8, 4) is 23.2 Å². The van der Waals surface area contributed by atoms with E-state index in [2.05, 4.69) is 20.8 Å². The van der Waals surface area contributed by atoms with Gasteiger partial charge >= 0.3 is 6.01 Å². The zero-order valence-corrected chi connectivity index (χ0v) is 16.6. The van der Waals surface area contributed by atoms with Gasteiger partial charge < -0.3 is 19.9 Å².